The van der Waals surface area contributed by atoms with Gasteiger partial charge in [-0.2, -0.15) is 0 Å². The average Bonchev–Trinajstić information content (AvgIpc) is 2.83. The fourth-order valence-corrected chi connectivity index (χ4v) is 4.01. The molecule has 6 nitrogen and oxygen atoms in total. The normalized spacial score (nSPS) is 15.5. The molecule has 1 aliphatic rings. The molecule has 1 aromatic heterocycles. The quantitative estimate of drug-likeness (QED) is 0.536. The van der Waals surface area contributed by atoms with Crippen LogP contribution in [0.4, 0.5) is 0 Å². The van der Waals surface area contributed by atoms with Crippen molar-refractivity contribution in [3.05, 3.63) is 78.0 Å². The zero-order chi connectivity index (χ0) is 22.3. The summed E-state index contributed by atoms with van der Waals surface area (Å²) in [6, 6.07) is 22.2. The minimum absolute atomic E-state index is 0.124. The van der Waals surface area contributed by atoms with Crippen LogP contribution in [-0.2, 0) is 27.3 Å². The maximum Gasteiger partial charge on any atom is 0.306 e. The van der Waals surface area contributed by atoms with Gasteiger partial charge in [0.1, 0.15) is 0 Å². The van der Waals surface area contributed by atoms with Gasteiger partial charge in [-0.25, -0.2) is 0 Å². The van der Waals surface area contributed by atoms with Crippen LogP contribution in [0.1, 0.15) is 24.6 Å². The predicted octanol–water partition coefficient (Wildman–Crippen LogP) is 3.44. The Morgan fingerprint density at radius 1 is 0.938 bits per heavy atom. The topological polar surface area (TPSA) is 62.7 Å². The monoisotopic (exact) mass is 431 g/mol. The van der Waals surface area contributed by atoms with E-state index in [9.17, 15) is 9.59 Å². The summed E-state index contributed by atoms with van der Waals surface area (Å²) in [7, 11) is 0. The van der Waals surface area contributed by atoms with Crippen LogP contribution in [0.5, 0.6) is 0 Å². The molecule has 0 N–H and O–H groups in total. The van der Waals surface area contributed by atoms with Crippen LogP contribution in [0.3, 0.4) is 0 Å². The van der Waals surface area contributed by atoms with Gasteiger partial charge in [-0.3, -0.25) is 19.5 Å². The van der Waals surface area contributed by atoms with E-state index in [4.69, 9.17) is 4.74 Å². The third-order valence-electron chi connectivity index (χ3n) is 5.83. The number of para-hydroxylation sites is 1. The molecule has 0 saturated carbocycles. The molecule has 0 bridgehead atoms. The van der Waals surface area contributed by atoms with Crippen molar-refractivity contribution in [1.82, 2.24) is 14.8 Å². The molecule has 1 fully saturated rings. The molecular weight excluding hydrogens is 402 g/mol. The number of hydrogen-bond donors (Lipinski definition) is 0. The molecule has 1 atom stereocenters. The van der Waals surface area contributed by atoms with Crippen LogP contribution in [0, 0.1) is 0 Å². The summed E-state index contributed by atoms with van der Waals surface area (Å²) in [6.45, 7) is 5.47. The highest BCUT2D eigenvalue weighted by molar-refractivity contribution is 5.83. The van der Waals surface area contributed by atoms with E-state index >= 15 is 0 Å². The average molecular weight is 432 g/mol. The van der Waals surface area contributed by atoms with E-state index in [2.05, 4.69) is 22.0 Å². The number of amides is 1. The number of hydrogen-bond acceptors (Lipinski definition) is 5. The number of aryl methyl sites for hydroxylation is 1. The maximum absolute atomic E-state index is 12.7. The summed E-state index contributed by atoms with van der Waals surface area (Å²) in [4.78, 5) is 33.8. The van der Waals surface area contributed by atoms with Crippen molar-refractivity contribution in [3.63, 3.8) is 0 Å². The van der Waals surface area contributed by atoms with Crippen molar-refractivity contribution in [2.24, 2.45) is 0 Å². The number of esters is 1. The molecule has 3 aromatic rings. The molecule has 1 unspecified atom stereocenters. The first-order valence-electron chi connectivity index (χ1n) is 11.2. The van der Waals surface area contributed by atoms with Crippen molar-refractivity contribution >= 4 is 22.8 Å². The second-order valence-electron chi connectivity index (χ2n) is 8.21. The number of rotatable bonds is 7. The lowest BCUT2D eigenvalue weighted by molar-refractivity contribution is -0.159. The summed E-state index contributed by atoms with van der Waals surface area (Å²) < 4.78 is 5.43. The van der Waals surface area contributed by atoms with E-state index in [0.717, 1.165) is 36.2 Å². The number of aromatic nitrogens is 1. The number of carbonyl (C=O) groups is 2. The largest absolute Gasteiger partial charge is 0.453 e. The lowest BCUT2D eigenvalue weighted by Gasteiger charge is -2.35. The molecule has 2 heterocycles. The van der Waals surface area contributed by atoms with Crippen LogP contribution in [0.25, 0.3) is 10.9 Å². The molecule has 1 aliphatic heterocycles. The van der Waals surface area contributed by atoms with E-state index in [1.807, 2.05) is 54.6 Å². The number of pyridine rings is 1. The second-order valence-corrected chi connectivity index (χ2v) is 8.21. The number of ether oxygens (including phenoxy) is 1. The Labute approximate surface area is 188 Å². The van der Waals surface area contributed by atoms with E-state index in [0.29, 0.717) is 19.5 Å². The van der Waals surface area contributed by atoms with Crippen LogP contribution in [-0.4, -0.2) is 58.9 Å². The first kappa shape index (κ1) is 22.0. The van der Waals surface area contributed by atoms with Crippen molar-refractivity contribution in [1.29, 1.82) is 0 Å². The smallest absolute Gasteiger partial charge is 0.306 e. The maximum atomic E-state index is 12.7. The zero-order valence-corrected chi connectivity index (χ0v) is 18.4. The Morgan fingerprint density at radius 2 is 1.66 bits per heavy atom. The molecule has 32 heavy (non-hydrogen) atoms. The van der Waals surface area contributed by atoms with Crippen molar-refractivity contribution in [2.75, 3.05) is 26.2 Å². The molecule has 4 rings (SSSR count). The first-order valence-corrected chi connectivity index (χ1v) is 11.2. The molecule has 0 aliphatic carbocycles. The number of benzene rings is 2. The van der Waals surface area contributed by atoms with Crippen LogP contribution >= 0.6 is 0 Å². The zero-order valence-electron chi connectivity index (χ0n) is 18.4. The third kappa shape index (κ3) is 5.71. The molecule has 2 aromatic carbocycles. The Kier molecular flexibility index (Phi) is 7.12. The minimum Gasteiger partial charge on any atom is -0.453 e. The summed E-state index contributed by atoms with van der Waals surface area (Å²) in [5, 5.41) is 1.07. The standard InChI is InChI=1S/C26H29N3O3/c1-20(26(31)29-17-15-28(16-18-29)19-21-7-3-2-4-8-21)32-25(30)14-13-23-12-11-22-9-5-6-10-24(22)27-23/h2-12,20H,13-19H2,1H3. The van der Waals surface area contributed by atoms with Gasteiger partial charge in [-0.1, -0.05) is 54.6 Å². The highest BCUT2D eigenvalue weighted by atomic mass is 16.5. The van der Waals surface area contributed by atoms with Gasteiger partial charge in [0.05, 0.1) is 11.9 Å². The van der Waals surface area contributed by atoms with Gasteiger partial charge in [-0.15, -0.1) is 0 Å². The number of piperazine rings is 1. The molecular formula is C26H29N3O3. The van der Waals surface area contributed by atoms with Crippen molar-refractivity contribution in [2.45, 2.75) is 32.4 Å². The molecule has 6 heteroatoms. The SMILES string of the molecule is CC(OC(=O)CCc1ccc2ccccc2n1)C(=O)N1CCN(Cc2ccccc2)CC1. The van der Waals surface area contributed by atoms with Gasteiger partial charge in [0.25, 0.3) is 5.91 Å². The summed E-state index contributed by atoms with van der Waals surface area (Å²) in [6.07, 6.45) is -0.0796. The van der Waals surface area contributed by atoms with E-state index in [1.165, 1.54) is 5.56 Å². The summed E-state index contributed by atoms with van der Waals surface area (Å²) in [5.41, 5.74) is 3.03. The van der Waals surface area contributed by atoms with Crippen LogP contribution < -0.4 is 0 Å². The molecule has 166 valence electrons. The number of fused-ring (bicyclic) bond motifs is 1. The fraction of sp³-hybridized carbons (Fsp3) is 0.346. The van der Waals surface area contributed by atoms with Crippen LogP contribution in [0.2, 0.25) is 0 Å². The van der Waals surface area contributed by atoms with E-state index in [-0.39, 0.29) is 18.3 Å². The van der Waals surface area contributed by atoms with Crippen molar-refractivity contribution in [3.8, 4) is 0 Å². The third-order valence-corrected chi connectivity index (χ3v) is 5.83. The Hall–Kier alpha value is -3.25. The Morgan fingerprint density at radius 3 is 2.44 bits per heavy atom. The van der Waals surface area contributed by atoms with Gasteiger partial charge in [-0.05, 0) is 24.6 Å². The first-order chi connectivity index (χ1) is 15.6. The second kappa shape index (κ2) is 10.4. The number of carbonyl (C=O) groups excluding carboxylic acids is 2. The van der Waals surface area contributed by atoms with Crippen LogP contribution in [0.15, 0.2) is 66.7 Å². The lowest BCUT2D eigenvalue weighted by atomic mass is 10.1. The predicted molar refractivity (Wildman–Crippen MR) is 124 cm³/mol. The Balaban J connectivity index is 1.21. The van der Waals surface area contributed by atoms with Gasteiger partial charge >= 0.3 is 5.97 Å². The van der Waals surface area contributed by atoms with Gasteiger partial charge in [0.2, 0.25) is 0 Å². The number of nitrogens with zero attached hydrogens (tertiary/aromatic N) is 3. The molecule has 0 radical (unpaired) electrons. The van der Waals surface area contributed by atoms with Gasteiger partial charge in [0.15, 0.2) is 6.10 Å². The van der Waals surface area contributed by atoms with E-state index in [1.54, 1.807) is 11.8 Å². The molecule has 1 saturated heterocycles. The summed E-state index contributed by atoms with van der Waals surface area (Å²) in [5.74, 6) is -0.495. The Bertz CT molecular complexity index is 1060. The molecule has 1 amide bonds. The van der Waals surface area contributed by atoms with Gasteiger partial charge in [0, 0.05) is 50.2 Å². The minimum atomic E-state index is -0.771. The van der Waals surface area contributed by atoms with Crippen molar-refractivity contribution < 1.29 is 14.3 Å². The highest BCUT2D eigenvalue weighted by Crippen LogP contribution is 2.14. The van der Waals surface area contributed by atoms with Gasteiger partial charge < -0.3 is 9.64 Å². The molecule has 0 spiro atoms. The lowest BCUT2D eigenvalue weighted by Crippen LogP contribution is -2.51. The van der Waals surface area contributed by atoms with E-state index < -0.39 is 6.10 Å². The highest BCUT2D eigenvalue weighted by Gasteiger charge is 2.27. The fourth-order valence-electron chi connectivity index (χ4n) is 4.01. The summed E-state index contributed by atoms with van der Waals surface area (Å²) >= 11 is 0.